The SMILES string of the molecule is CNS(=O)(=O)c1ccccc1/C=[N+](\[O-])C(C)(C)C. The Morgan fingerprint density at radius 2 is 1.83 bits per heavy atom. The Hall–Kier alpha value is -1.40. The van der Waals surface area contributed by atoms with Crippen molar-refractivity contribution in [3.63, 3.8) is 0 Å². The summed E-state index contributed by atoms with van der Waals surface area (Å²) in [6.45, 7) is 5.27. The van der Waals surface area contributed by atoms with Gasteiger partial charge < -0.3 is 5.21 Å². The highest BCUT2D eigenvalue weighted by Crippen LogP contribution is 2.14. The van der Waals surface area contributed by atoms with Gasteiger partial charge in [-0.2, -0.15) is 0 Å². The molecule has 0 heterocycles. The number of nitrogens with one attached hydrogen (secondary N) is 1. The van der Waals surface area contributed by atoms with E-state index in [-0.39, 0.29) is 4.90 Å². The minimum absolute atomic E-state index is 0.0950. The molecule has 0 atom stereocenters. The fraction of sp³-hybridized carbons (Fsp3) is 0.417. The van der Waals surface area contributed by atoms with Crippen molar-refractivity contribution >= 4 is 16.2 Å². The van der Waals surface area contributed by atoms with Crippen LogP contribution in [0.25, 0.3) is 0 Å². The van der Waals surface area contributed by atoms with Gasteiger partial charge in [0.1, 0.15) is 0 Å². The summed E-state index contributed by atoms with van der Waals surface area (Å²) in [7, 11) is -2.23. The minimum atomic E-state index is -3.57. The van der Waals surface area contributed by atoms with E-state index < -0.39 is 15.6 Å². The fourth-order valence-corrected chi connectivity index (χ4v) is 2.17. The van der Waals surface area contributed by atoms with Crippen molar-refractivity contribution in [2.75, 3.05) is 7.05 Å². The third-order valence-electron chi connectivity index (χ3n) is 2.39. The Morgan fingerprint density at radius 3 is 2.33 bits per heavy atom. The van der Waals surface area contributed by atoms with Crippen LogP contribution >= 0.6 is 0 Å². The fourth-order valence-electron chi connectivity index (χ4n) is 1.26. The average molecular weight is 270 g/mol. The molecule has 0 aliphatic carbocycles. The van der Waals surface area contributed by atoms with Crippen LogP contribution in [0.2, 0.25) is 0 Å². The molecule has 1 N–H and O–H groups in total. The number of sulfonamides is 1. The number of rotatable bonds is 3. The minimum Gasteiger partial charge on any atom is -0.623 e. The van der Waals surface area contributed by atoms with E-state index in [9.17, 15) is 13.6 Å². The van der Waals surface area contributed by atoms with Crippen LogP contribution in [0.3, 0.4) is 0 Å². The van der Waals surface area contributed by atoms with Crippen molar-refractivity contribution < 1.29 is 13.2 Å². The van der Waals surface area contributed by atoms with E-state index in [1.54, 1.807) is 39.0 Å². The van der Waals surface area contributed by atoms with Crippen molar-refractivity contribution in [1.82, 2.24) is 4.72 Å². The summed E-state index contributed by atoms with van der Waals surface area (Å²) in [6, 6.07) is 6.37. The summed E-state index contributed by atoms with van der Waals surface area (Å²) >= 11 is 0. The van der Waals surface area contributed by atoms with Crippen LogP contribution in [0.1, 0.15) is 26.3 Å². The molecule has 18 heavy (non-hydrogen) atoms. The Labute approximate surface area is 108 Å². The smallest absolute Gasteiger partial charge is 0.241 e. The van der Waals surface area contributed by atoms with Gasteiger partial charge in [0.05, 0.1) is 10.5 Å². The molecular formula is C12H18N2O3S. The Morgan fingerprint density at radius 1 is 1.28 bits per heavy atom. The monoisotopic (exact) mass is 270 g/mol. The topological polar surface area (TPSA) is 72.2 Å². The first-order valence-electron chi connectivity index (χ1n) is 5.52. The summed E-state index contributed by atoms with van der Waals surface area (Å²) in [5.41, 5.74) is -0.243. The maximum atomic E-state index is 11.8. The molecule has 6 heteroatoms. The Balaban J connectivity index is 3.37. The van der Waals surface area contributed by atoms with Gasteiger partial charge in [0.15, 0.2) is 11.8 Å². The first-order chi connectivity index (χ1) is 8.18. The second-order valence-electron chi connectivity index (χ2n) is 4.87. The molecule has 0 fully saturated rings. The van der Waals surface area contributed by atoms with Gasteiger partial charge in [-0.1, -0.05) is 12.1 Å². The predicted octanol–water partition coefficient (Wildman–Crippen LogP) is 1.32. The normalized spacial score (nSPS) is 13.7. The molecule has 0 saturated carbocycles. The summed E-state index contributed by atoms with van der Waals surface area (Å²) in [5.74, 6) is 0. The van der Waals surface area contributed by atoms with E-state index in [2.05, 4.69) is 4.72 Å². The summed E-state index contributed by atoms with van der Waals surface area (Å²) in [6.07, 6.45) is 1.30. The van der Waals surface area contributed by atoms with E-state index in [0.717, 1.165) is 4.74 Å². The molecule has 1 rings (SSSR count). The predicted molar refractivity (Wildman–Crippen MR) is 71.2 cm³/mol. The van der Waals surface area contributed by atoms with Crippen molar-refractivity contribution in [1.29, 1.82) is 0 Å². The molecule has 0 aliphatic rings. The number of nitrogens with zero attached hydrogens (tertiary/aromatic N) is 1. The number of hydrogen-bond donors (Lipinski definition) is 1. The van der Waals surface area contributed by atoms with Crippen molar-refractivity contribution in [3.8, 4) is 0 Å². The van der Waals surface area contributed by atoms with Crippen molar-refractivity contribution in [3.05, 3.63) is 35.0 Å². The van der Waals surface area contributed by atoms with Crippen LogP contribution in [0.4, 0.5) is 0 Å². The zero-order valence-electron chi connectivity index (χ0n) is 11.0. The van der Waals surface area contributed by atoms with Gasteiger partial charge in [0.2, 0.25) is 10.0 Å². The molecule has 0 radical (unpaired) electrons. The molecule has 100 valence electrons. The molecule has 1 aromatic rings. The molecule has 1 aromatic carbocycles. The van der Waals surface area contributed by atoms with E-state index in [1.807, 2.05) is 0 Å². The summed E-state index contributed by atoms with van der Waals surface area (Å²) in [4.78, 5) is 0.0950. The zero-order valence-corrected chi connectivity index (χ0v) is 11.8. The van der Waals surface area contributed by atoms with Crippen LogP contribution in [0.5, 0.6) is 0 Å². The molecule has 0 spiro atoms. The molecule has 0 aromatic heterocycles. The van der Waals surface area contributed by atoms with Crippen molar-refractivity contribution in [2.24, 2.45) is 0 Å². The van der Waals surface area contributed by atoms with Gasteiger partial charge in [0.25, 0.3) is 0 Å². The van der Waals surface area contributed by atoms with E-state index in [0.29, 0.717) is 5.56 Å². The van der Waals surface area contributed by atoms with E-state index >= 15 is 0 Å². The second kappa shape index (κ2) is 5.07. The molecule has 0 unspecified atom stereocenters. The quantitative estimate of drug-likeness (QED) is 0.390. The van der Waals surface area contributed by atoms with E-state index in [4.69, 9.17) is 0 Å². The van der Waals surface area contributed by atoms with Gasteiger partial charge in [-0.25, -0.2) is 17.9 Å². The van der Waals surface area contributed by atoms with Gasteiger partial charge in [-0.15, -0.1) is 0 Å². The van der Waals surface area contributed by atoms with Crippen LogP contribution in [0, 0.1) is 5.21 Å². The highest BCUT2D eigenvalue weighted by atomic mass is 32.2. The lowest BCUT2D eigenvalue weighted by Gasteiger charge is -2.19. The van der Waals surface area contributed by atoms with Crippen LogP contribution in [-0.4, -0.2) is 32.0 Å². The number of benzene rings is 1. The number of hydrogen-bond acceptors (Lipinski definition) is 3. The van der Waals surface area contributed by atoms with Gasteiger partial charge in [-0.05, 0) is 19.2 Å². The van der Waals surface area contributed by atoms with Crippen LogP contribution < -0.4 is 4.72 Å². The van der Waals surface area contributed by atoms with Crippen LogP contribution in [-0.2, 0) is 10.0 Å². The lowest BCUT2D eigenvalue weighted by molar-refractivity contribution is -0.530. The maximum Gasteiger partial charge on any atom is 0.241 e. The lowest BCUT2D eigenvalue weighted by atomic mass is 10.1. The maximum absolute atomic E-state index is 11.8. The highest BCUT2D eigenvalue weighted by Gasteiger charge is 2.21. The van der Waals surface area contributed by atoms with Crippen molar-refractivity contribution in [2.45, 2.75) is 31.2 Å². The second-order valence-corrected chi connectivity index (χ2v) is 6.73. The third-order valence-corrected chi connectivity index (χ3v) is 3.88. The largest absolute Gasteiger partial charge is 0.623 e. The number of hydroxylamine groups is 1. The lowest BCUT2D eigenvalue weighted by Crippen LogP contribution is -2.30. The summed E-state index contributed by atoms with van der Waals surface area (Å²) < 4.78 is 26.6. The van der Waals surface area contributed by atoms with Gasteiger partial charge in [0, 0.05) is 20.8 Å². The molecule has 0 amide bonds. The summed E-state index contributed by atoms with van der Waals surface area (Å²) in [5, 5.41) is 11.8. The molecule has 0 saturated heterocycles. The zero-order chi connectivity index (χ0) is 14.0. The average Bonchev–Trinajstić information content (AvgIpc) is 2.28. The third kappa shape index (κ3) is 3.30. The molecule has 0 aliphatic heterocycles. The van der Waals surface area contributed by atoms with Crippen LogP contribution in [0.15, 0.2) is 29.2 Å². The highest BCUT2D eigenvalue weighted by molar-refractivity contribution is 7.89. The van der Waals surface area contributed by atoms with Gasteiger partial charge >= 0.3 is 0 Å². The Bertz CT molecular complexity index is 557. The molecular weight excluding hydrogens is 252 g/mol. The first kappa shape index (κ1) is 14.7. The molecule has 5 nitrogen and oxygen atoms in total. The van der Waals surface area contributed by atoms with E-state index in [1.165, 1.54) is 19.3 Å². The Kier molecular flexibility index (Phi) is 4.13. The standard InChI is InChI=1S/C12H18N2O3S/c1-12(2,3)14(15)9-10-7-5-6-8-11(10)18(16,17)13-4/h5-9,13H,1-4H3/b14-9-. The first-order valence-corrected chi connectivity index (χ1v) is 7.01. The van der Waals surface area contributed by atoms with Gasteiger partial charge in [-0.3, -0.25) is 0 Å². The molecule has 0 bridgehead atoms.